The van der Waals surface area contributed by atoms with E-state index in [1.54, 1.807) is 0 Å². The molecule has 1 unspecified atom stereocenters. The van der Waals surface area contributed by atoms with Crippen molar-refractivity contribution in [1.82, 2.24) is 15.5 Å². The van der Waals surface area contributed by atoms with Crippen LogP contribution in [0.3, 0.4) is 0 Å². The molecule has 0 aromatic rings. The summed E-state index contributed by atoms with van der Waals surface area (Å²) in [5.41, 5.74) is 0.469. The number of nitrogens with one attached hydrogen (secondary N) is 2. The lowest BCUT2D eigenvalue weighted by molar-refractivity contribution is 0.194. The SMILES string of the molecule is CN1CCNC(CNCC(C)(C)C2CCCC2)C1. The molecule has 2 fully saturated rings. The Morgan fingerprint density at radius 1 is 1.28 bits per heavy atom. The Kier molecular flexibility index (Phi) is 5.05. The van der Waals surface area contributed by atoms with Crippen LogP contribution in [0.25, 0.3) is 0 Å². The van der Waals surface area contributed by atoms with Crippen molar-refractivity contribution in [3.8, 4) is 0 Å². The Morgan fingerprint density at radius 2 is 2.00 bits per heavy atom. The summed E-state index contributed by atoms with van der Waals surface area (Å²) >= 11 is 0. The molecule has 0 spiro atoms. The molecule has 1 atom stereocenters. The van der Waals surface area contributed by atoms with E-state index in [0.717, 1.165) is 19.0 Å². The molecule has 106 valence electrons. The van der Waals surface area contributed by atoms with Crippen LogP contribution in [0.15, 0.2) is 0 Å². The lowest BCUT2D eigenvalue weighted by Gasteiger charge is -2.35. The van der Waals surface area contributed by atoms with Crippen molar-refractivity contribution >= 4 is 0 Å². The fourth-order valence-electron chi connectivity index (χ4n) is 3.55. The normalized spacial score (nSPS) is 27.8. The summed E-state index contributed by atoms with van der Waals surface area (Å²) in [5.74, 6) is 0.937. The maximum absolute atomic E-state index is 3.70. The van der Waals surface area contributed by atoms with Gasteiger partial charge in [0.2, 0.25) is 0 Å². The van der Waals surface area contributed by atoms with E-state index >= 15 is 0 Å². The number of hydrogen-bond acceptors (Lipinski definition) is 3. The summed E-state index contributed by atoms with van der Waals surface area (Å²) in [5, 5.41) is 7.30. The molecule has 2 rings (SSSR count). The van der Waals surface area contributed by atoms with E-state index in [9.17, 15) is 0 Å². The van der Waals surface area contributed by atoms with Crippen molar-refractivity contribution in [3.63, 3.8) is 0 Å². The Labute approximate surface area is 113 Å². The molecule has 3 heteroatoms. The highest BCUT2D eigenvalue weighted by atomic mass is 15.2. The van der Waals surface area contributed by atoms with Crippen LogP contribution in [-0.4, -0.2) is 50.7 Å². The van der Waals surface area contributed by atoms with E-state index in [1.807, 2.05) is 0 Å². The predicted molar refractivity (Wildman–Crippen MR) is 77.9 cm³/mol. The van der Waals surface area contributed by atoms with Crippen LogP contribution in [0.5, 0.6) is 0 Å². The number of rotatable bonds is 5. The second-order valence-electron chi connectivity index (χ2n) is 7.01. The van der Waals surface area contributed by atoms with Crippen molar-refractivity contribution < 1.29 is 0 Å². The fraction of sp³-hybridized carbons (Fsp3) is 1.00. The van der Waals surface area contributed by atoms with Crippen LogP contribution in [-0.2, 0) is 0 Å². The third-order valence-corrected chi connectivity index (χ3v) is 4.89. The predicted octanol–water partition coefficient (Wildman–Crippen LogP) is 1.70. The third kappa shape index (κ3) is 3.94. The van der Waals surface area contributed by atoms with Crippen molar-refractivity contribution in [1.29, 1.82) is 0 Å². The fourth-order valence-corrected chi connectivity index (χ4v) is 3.55. The maximum atomic E-state index is 3.70. The molecule has 1 aliphatic carbocycles. The van der Waals surface area contributed by atoms with Crippen LogP contribution < -0.4 is 10.6 Å². The summed E-state index contributed by atoms with van der Waals surface area (Å²) < 4.78 is 0. The van der Waals surface area contributed by atoms with Gasteiger partial charge < -0.3 is 15.5 Å². The minimum Gasteiger partial charge on any atom is -0.315 e. The molecule has 0 amide bonds. The standard InChI is InChI=1S/C15H31N3/c1-15(2,13-6-4-5-7-13)12-16-10-14-11-18(3)9-8-17-14/h13-14,16-17H,4-12H2,1-3H3. The molecule has 0 bridgehead atoms. The molecule has 0 aromatic heterocycles. The Balaban J connectivity index is 1.67. The highest BCUT2D eigenvalue weighted by Crippen LogP contribution is 2.38. The minimum atomic E-state index is 0.469. The summed E-state index contributed by atoms with van der Waals surface area (Å²) in [7, 11) is 2.22. The van der Waals surface area contributed by atoms with Gasteiger partial charge >= 0.3 is 0 Å². The van der Waals surface area contributed by atoms with Gasteiger partial charge in [-0.3, -0.25) is 0 Å². The number of hydrogen-bond donors (Lipinski definition) is 2. The van der Waals surface area contributed by atoms with Crippen LogP contribution in [0.4, 0.5) is 0 Å². The van der Waals surface area contributed by atoms with Crippen LogP contribution in [0, 0.1) is 11.3 Å². The number of likely N-dealkylation sites (N-methyl/N-ethyl adjacent to an activating group) is 1. The first-order valence-electron chi connectivity index (χ1n) is 7.70. The Hall–Kier alpha value is -0.120. The average Bonchev–Trinajstić information content (AvgIpc) is 2.83. The molecule has 2 N–H and O–H groups in total. The topological polar surface area (TPSA) is 27.3 Å². The van der Waals surface area contributed by atoms with Crippen molar-refractivity contribution in [2.24, 2.45) is 11.3 Å². The smallest absolute Gasteiger partial charge is 0.0320 e. The monoisotopic (exact) mass is 253 g/mol. The zero-order valence-electron chi connectivity index (χ0n) is 12.5. The van der Waals surface area contributed by atoms with Gasteiger partial charge in [0.1, 0.15) is 0 Å². The van der Waals surface area contributed by atoms with E-state index in [4.69, 9.17) is 0 Å². The molecule has 2 aliphatic rings. The molecular weight excluding hydrogens is 222 g/mol. The van der Waals surface area contributed by atoms with E-state index < -0.39 is 0 Å². The molecule has 1 saturated carbocycles. The molecule has 0 aromatic carbocycles. The molecule has 18 heavy (non-hydrogen) atoms. The van der Waals surface area contributed by atoms with E-state index in [-0.39, 0.29) is 0 Å². The molecular formula is C15H31N3. The molecule has 1 heterocycles. The summed E-state index contributed by atoms with van der Waals surface area (Å²) in [6, 6.07) is 0.628. The van der Waals surface area contributed by atoms with Crippen molar-refractivity contribution in [2.75, 3.05) is 39.8 Å². The largest absolute Gasteiger partial charge is 0.315 e. The lowest BCUT2D eigenvalue weighted by atomic mass is 9.77. The van der Waals surface area contributed by atoms with Gasteiger partial charge in [-0.15, -0.1) is 0 Å². The van der Waals surface area contributed by atoms with Crippen molar-refractivity contribution in [3.05, 3.63) is 0 Å². The highest BCUT2D eigenvalue weighted by Gasteiger charge is 2.31. The summed E-state index contributed by atoms with van der Waals surface area (Å²) in [6.07, 6.45) is 5.78. The second kappa shape index (κ2) is 6.36. The van der Waals surface area contributed by atoms with Gasteiger partial charge in [-0.2, -0.15) is 0 Å². The molecule has 0 radical (unpaired) electrons. The molecule has 1 aliphatic heterocycles. The van der Waals surface area contributed by atoms with Gasteiger partial charge in [0, 0.05) is 38.8 Å². The van der Waals surface area contributed by atoms with Crippen LogP contribution >= 0.6 is 0 Å². The first kappa shape index (κ1) is 14.3. The summed E-state index contributed by atoms with van der Waals surface area (Å²) in [4.78, 5) is 2.42. The first-order valence-corrected chi connectivity index (χ1v) is 7.70. The van der Waals surface area contributed by atoms with Gasteiger partial charge in [-0.25, -0.2) is 0 Å². The number of piperazine rings is 1. The van der Waals surface area contributed by atoms with Gasteiger partial charge in [-0.1, -0.05) is 26.7 Å². The van der Waals surface area contributed by atoms with Crippen molar-refractivity contribution in [2.45, 2.75) is 45.6 Å². The first-order chi connectivity index (χ1) is 8.58. The van der Waals surface area contributed by atoms with Gasteiger partial charge in [0.05, 0.1) is 0 Å². The zero-order valence-corrected chi connectivity index (χ0v) is 12.5. The maximum Gasteiger partial charge on any atom is 0.0320 e. The second-order valence-corrected chi connectivity index (χ2v) is 7.01. The number of nitrogens with zero attached hydrogens (tertiary/aromatic N) is 1. The molecule has 3 nitrogen and oxygen atoms in total. The third-order valence-electron chi connectivity index (χ3n) is 4.89. The summed E-state index contributed by atoms with van der Waals surface area (Å²) in [6.45, 7) is 10.7. The van der Waals surface area contributed by atoms with Gasteiger partial charge in [0.25, 0.3) is 0 Å². The van der Waals surface area contributed by atoms with E-state index in [1.165, 1.54) is 45.3 Å². The van der Waals surface area contributed by atoms with Gasteiger partial charge in [0.15, 0.2) is 0 Å². The zero-order chi connectivity index (χ0) is 13.0. The lowest BCUT2D eigenvalue weighted by Crippen LogP contribution is -2.54. The Morgan fingerprint density at radius 3 is 2.67 bits per heavy atom. The van der Waals surface area contributed by atoms with Crippen LogP contribution in [0.1, 0.15) is 39.5 Å². The van der Waals surface area contributed by atoms with E-state index in [2.05, 4.69) is 36.4 Å². The molecule has 1 saturated heterocycles. The van der Waals surface area contributed by atoms with Crippen LogP contribution in [0.2, 0.25) is 0 Å². The van der Waals surface area contributed by atoms with Gasteiger partial charge in [-0.05, 0) is 31.2 Å². The minimum absolute atomic E-state index is 0.469. The van der Waals surface area contributed by atoms with E-state index in [0.29, 0.717) is 11.5 Å². The highest BCUT2D eigenvalue weighted by molar-refractivity contribution is 4.85. The Bertz CT molecular complexity index is 246. The average molecular weight is 253 g/mol. The quantitative estimate of drug-likeness (QED) is 0.781.